The molecule has 2 aromatic rings. The number of pyridine rings is 1. The molecule has 0 saturated carbocycles. The number of aromatic nitrogens is 1. The van der Waals surface area contributed by atoms with Gasteiger partial charge in [0.05, 0.1) is 5.69 Å². The van der Waals surface area contributed by atoms with Crippen LogP contribution in [-0.4, -0.2) is 35.4 Å². The molecule has 0 aliphatic carbocycles. The molecule has 0 spiro atoms. The Morgan fingerprint density at radius 3 is 2.78 bits per heavy atom. The summed E-state index contributed by atoms with van der Waals surface area (Å²) in [5.41, 5.74) is 2.03. The molecule has 2 heterocycles. The van der Waals surface area contributed by atoms with Gasteiger partial charge in [0.1, 0.15) is 12.4 Å². The maximum atomic E-state index is 12.0. The van der Waals surface area contributed by atoms with Crippen LogP contribution >= 0.6 is 12.4 Å². The van der Waals surface area contributed by atoms with Crippen molar-refractivity contribution < 1.29 is 9.53 Å². The first kappa shape index (κ1) is 21.2. The molecule has 1 N–H and O–H groups in total. The highest BCUT2D eigenvalue weighted by Gasteiger charge is 2.15. The van der Waals surface area contributed by atoms with Crippen molar-refractivity contribution in [3.05, 3.63) is 59.9 Å². The number of amides is 1. The van der Waals surface area contributed by atoms with Gasteiger partial charge >= 0.3 is 0 Å². The van der Waals surface area contributed by atoms with Crippen molar-refractivity contribution in [3.8, 4) is 5.75 Å². The van der Waals surface area contributed by atoms with E-state index in [0.29, 0.717) is 18.9 Å². The SMILES string of the molecule is Cl.O=C1CCCCCN1CCNCc1ccccc1OCc1ccccn1. The first-order valence-corrected chi connectivity index (χ1v) is 9.42. The van der Waals surface area contributed by atoms with E-state index >= 15 is 0 Å². The van der Waals surface area contributed by atoms with Gasteiger partial charge in [0.25, 0.3) is 0 Å². The number of ether oxygens (including phenoxy) is 1. The molecule has 6 heteroatoms. The van der Waals surface area contributed by atoms with E-state index in [2.05, 4.69) is 16.4 Å². The molecule has 0 bridgehead atoms. The average Bonchev–Trinajstić information content (AvgIpc) is 2.89. The fourth-order valence-electron chi connectivity index (χ4n) is 3.14. The lowest BCUT2D eigenvalue weighted by atomic mass is 10.2. The molecule has 0 unspecified atom stereocenters. The van der Waals surface area contributed by atoms with E-state index in [-0.39, 0.29) is 12.4 Å². The molecular weight excluding hydrogens is 362 g/mol. The Bertz CT molecular complexity index is 697. The normalized spacial score (nSPS) is 14.4. The Hall–Kier alpha value is -2.11. The Morgan fingerprint density at radius 2 is 1.93 bits per heavy atom. The second-order valence-corrected chi connectivity index (χ2v) is 6.59. The molecule has 146 valence electrons. The molecule has 1 amide bonds. The fraction of sp³-hybridized carbons (Fsp3) is 0.429. The highest BCUT2D eigenvalue weighted by molar-refractivity contribution is 5.85. The maximum absolute atomic E-state index is 12.0. The van der Waals surface area contributed by atoms with E-state index in [1.165, 1.54) is 0 Å². The molecular formula is C21H28ClN3O2. The van der Waals surface area contributed by atoms with E-state index < -0.39 is 0 Å². The number of halogens is 1. The predicted octanol–water partition coefficient (Wildman–Crippen LogP) is 3.57. The zero-order chi connectivity index (χ0) is 18.0. The lowest BCUT2D eigenvalue weighted by Crippen LogP contribution is -2.36. The molecule has 1 aromatic carbocycles. The highest BCUT2D eigenvalue weighted by atomic mass is 35.5. The van der Waals surface area contributed by atoms with E-state index in [4.69, 9.17) is 4.74 Å². The third-order valence-electron chi connectivity index (χ3n) is 4.62. The predicted molar refractivity (Wildman–Crippen MR) is 109 cm³/mol. The van der Waals surface area contributed by atoms with Crippen LogP contribution in [0.1, 0.15) is 36.9 Å². The van der Waals surface area contributed by atoms with Gasteiger partial charge in [-0.2, -0.15) is 0 Å². The topological polar surface area (TPSA) is 54.5 Å². The summed E-state index contributed by atoms with van der Waals surface area (Å²) in [6.07, 6.45) is 5.79. The fourth-order valence-corrected chi connectivity index (χ4v) is 3.14. The minimum Gasteiger partial charge on any atom is -0.487 e. The van der Waals surface area contributed by atoms with Gasteiger partial charge in [-0.1, -0.05) is 30.7 Å². The number of nitrogens with zero attached hydrogens (tertiary/aromatic N) is 2. The van der Waals surface area contributed by atoms with Gasteiger partial charge in [-0.05, 0) is 31.0 Å². The number of carbonyl (C=O) groups is 1. The van der Waals surface area contributed by atoms with Crippen LogP contribution in [0.5, 0.6) is 5.75 Å². The van der Waals surface area contributed by atoms with Crippen molar-refractivity contribution in [1.29, 1.82) is 0 Å². The van der Waals surface area contributed by atoms with E-state index in [1.807, 2.05) is 41.3 Å². The smallest absolute Gasteiger partial charge is 0.222 e. The monoisotopic (exact) mass is 389 g/mol. The van der Waals surface area contributed by atoms with Gasteiger partial charge in [-0.15, -0.1) is 12.4 Å². The van der Waals surface area contributed by atoms with Gasteiger partial charge in [0.2, 0.25) is 5.91 Å². The molecule has 5 nitrogen and oxygen atoms in total. The van der Waals surface area contributed by atoms with Crippen LogP contribution in [0.25, 0.3) is 0 Å². The van der Waals surface area contributed by atoms with Crippen molar-refractivity contribution in [1.82, 2.24) is 15.2 Å². The second kappa shape index (κ2) is 11.6. The van der Waals surface area contributed by atoms with Gasteiger partial charge in [-0.3, -0.25) is 9.78 Å². The summed E-state index contributed by atoms with van der Waals surface area (Å²) in [5, 5.41) is 3.44. The van der Waals surface area contributed by atoms with Crippen molar-refractivity contribution in [2.24, 2.45) is 0 Å². The van der Waals surface area contributed by atoms with Crippen LogP contribution in [-0.2, 0) is 17.9 Å². The molecule has 1 aliphatic rings. The summed E-state index contributed by atoms with van der Waals surface area (Å²) >= 11 is 0. The largest absolute Gasteiger partial charge is 0.487 e. The van der Waals surface area contributed by atoms with Crippen LogP contribution in [0.4, 0.5) is 0 Å². The number of hydrogen-bond acceptors (Lipinski definition) is 4. The summed E-state index contributed by atoms with van der Waals surface area (Å²) in [6.45, 7) is 3.64. The molecule has 3 rings (SSSR count). The number of hydrogen-bond donors (Lipinski definition) is 1. The van der Waals surface area contributed by atoms with Gasteiger partial charge < -0.3 is 15.0 Å². The molecule has 1 aromatic heterocycles. The van der Waals surface area contributed by atoms with Crippen LogP contribution in [0.3, 0.4) is 0 Å². The lowest BCUT2D eigenvalue weighted by Gasteiger charge is -2.20. The summed E-state index contributed by atoms with van der Waals surface area (Å²) in [6, 6.07) is 13.9. The Labute approximate surface area is 167 Å². The molecule has 0 radical (unpaired) electrons. The summed E-state index contributed by atoms with van der Waals surface area (Å²) in [7, 11) is 0. The summed E-state index contributed by atoms with van der Waals surface area (Å²) < 4.78 is 5.94. The third-order valence-corrected chi connectivity index (χ3v) is 4.62. The molecule has 1 saturated heterocycles. The summed E-state index contributed by atoms with van der Waals surface area (Å²) in [5.74, 6) is 1.17. The first-order chi connectivity index (χ1) is 12.8. The zero-order valence-electron chi connectivity index (χ0n) is 15.6. The number of carbonyl (C=O) groups excluding carboxylic acids is 1. The van der Waals surface area contributed by atoms with Gasteiger partial charge in [0, 0.05) is 44.4 Å². The zero-order valence-corrected chi connectivity index (χ0v) is 16.4. The van der Waals surface area contributed by atoms with E-state index in [1.54, 1.807) is 6.20 Å². The van der Waals surface area contributed by atoms with E-state index in [9.17, 15) is 4.79 Å². The van der Waals surface area contributed by atoms with Crippen LogP contribution in [0.15, 0.2) is 48.7 Å². The third kappa shape index (κ3) is 6.85. The van der Waals surface area contributed by atoms with Crippen LogP contribution in [0, 0.1) is 0 Å². The van der Waals surface area contributed by atoms with Gasteiger partial charge in [0.15, 0.2) is 0 Å². The Morgan fingerprint density at radius 1 is 1.07 bits per heavy atom. The molecule has 1 fully saturated rings. The first-order valence-electron chi connectivity index (χ1n) is 9.42. The second-order valence-electron chi connectivity index (χ2n) is 6.59. The standard InChI is InChI=1S/C21H27N3O2.ClH/c25-21-11-2-1-7-14-24(21)15-13-22-16-18-8-3-4-10-20(18)26-17-19-9-5-6-12-23-19;/h3-6,8-10,12,22H,1-2,7,11,13-17H2;1H. The minimum atomic E-state index is 0. The minimum absolute atomic E-state index is 0. The maximum Gasteiger partial charge on any atom is 0.222 e. The van der Waals surface area contributed by atoms with Crippen LogP contribution in [0.2, 0.25) is 0 Å². The highest BCUT2D eigenvalue weighted by Crippen LogP contribution is 2.19. The average molecular weight is 390 g/mol. The van der Waals surface area contributed by atoms with Crippen molar-refractivity contribution in [2.45, 2.75) is 38.8 Å². The Kier molecular flexibility index (Phi) is 9.08. The number of para-hydroxylation sites is 1. The van der Waals surface area contributed by atoms with Crippen LogP contribution < -0.4 is 10.1 Å². The molecule has 0 atom stereocenters. The number of likely N-dealkylation sites (tertiary alicyclic amines) is 1. The van der Waals surface area contributed by atoms with E-state index in [0.717, 1.165) is 62.4 Å². The number of rotatable bonds is 8. The van der Waals surface area contributed by atoms with Crippen molar-refractivity contribution in [2.75, 3.05) is 19.6 Å². The van der Waals surface area contributed by atoms with Crippen molar-refractivity contribution in [3.63, 3.8) is 0 Å². The number of nitrogens with one attached hydrogen (secondary N) is 1. The lowest BCUT2D eigenvalue weighted by molar-refractivity contribution is -0.130. The molecule has 1 aliphatic heterocycles. The Balaban J connectivity index is 0.00000261. The summed E-state index contributed by atoms with van der Waals surface area (Å²) in [4.78, 5) is 18.3. The van der Waals surface area contributed by atoms with Gasteiger partial charge in [-0.25, -0.2) is 0 Å². The van der Waals surface area contributed by atoms with Crippen molar-refractivity contribution >= 4 is 18.3 Å². The quantitative estimate of drug-likeness (QED) is 0.701. The molecule has 27 heavy (non-hydrogen) atoms. The number of benzene rings is 1.